The Morgan fingerprint density at radius 1 is 1.00 bits per heavy atom. The summed E-state index contributed by atoms with van der Waals surface area (Å²) in [7, 11) is 0. The van der Waals surface area contributed by atoms with Crippen molar-refractivity contribution in [3.63, 3.8) is 0 Å². The highest BCUT2D eigenvalue weighted by Gasteiger charge is 2.30. The maximum absolute atomic E-state index is 12.5. The van der Waals surface area contributed by atoms with Crippen LogP contribution in [-0.4, -0.2) is 28.0 Å². The summed E-state index contributed by atoms with van der Waals surface area (Å²) < 4.78 is 37.5. The van der Waals surface area contributed by atoms with E-state index in [0.29, 0.717) is 36.1 Å². The molecule has 28 heavy (non-hydrogen) atoms. The number of pyridine rings is 2. The quantitative estimate of drug-likeness (QED) is 0.351. The first-order valence-corrected chi connectivity index (χ1v) is 8.38. The first kappa shape index (κ1) is 19.3. The van der Waals surface area contributed by atoms with Gasteiger partial charge in [-0.05, 0) is 30.7 Å². The Labute approximate surface area is 157 Å². The zero-order valence-electron chi connectivity index (χ0n) is 14.5. The molecule has 0 spiro atoms. The molecular formula is C18H16F3N5O2. The van der Waals surface area contributed by atoms with E-state index in [1.807, 2.05) is 0 Å². The van der Waals surface area contributed by atoms with Gasteiger partial charge in [0.25, 0.3) is 5.69 Å². The molecule has 1 aromatic carbocycles. The van der Waals surface area contributed by atoms with Crippen LogP contribution in [0.5, 0.6) is 0 Å². The number of anilines is 2. The maximum Gasteiger partial charge on any atom is 0.417 e. The van der Waals surface area contributed by atoms with E-state index < -0.39 is 16.7 Å². The van der Waals surface area contributed by atoms with Crippen LogP contribution in [0.3, 0.4) is 0 Å². The third-order valence-electron chi connectivity index (χ3n) is 4.06. The van der Waals surface area contributed by atoms with E-state index in [-0.39, 0.29) is 5.69 Å². The topological polar surface area (TPSA) is 93.0 Å². The molecule has 0 fully saturated rings. The van der Waals surface area contributed by atoms with Gasteiger partial charge in [0.2, 0.25) is 0 Å². The number of alkyl halides is 3. The first-order chi connectivity index (χ1) is 13.4. The minimum atomic E-state index is -4.40. The largest absolute Gasteiger partial charge is 0.417 e. The number of nitrogens with one attached hydrogen (secondary N) is 2. The molecule has 146 valence electrons. The van der Waals surface area contributed by atoms with Gasteiger partial charge in [-0.15, -0.1) is 0 Å². The third-order valence-corrected chi connectivity index (χ3v) is 4.06. The fourth-order valence-electron chi connectivity index (χ4n) is 2.68. The molecule has 7 nitrogen and oxygen atoms in total. The molecule has 2 aromatic heterocycles. The van der Waals surface area contributed by atoms with Gasteiger partial charge in [0.15, 0.2) is 0 Å². The van der Waals surface area contributed by atoms with E-state index in [0.717, 1.165) is 18.0 Å². The lowest BCUT2D eigenvalue weighted by Crippen LogP contribution is -2.11. The van der Waals surface area contributed by atoms with Crippen LogP contribution in [0.2, 0.25) is 0 Å². The van der Waals surface area contributed by atoms with Crippen LogP contribution in [-0.2, 0) is 6.18 Å². The van der Waals surface area contributed by atoms with Crippen LogP contribution in [0.1, 0.15) is 12.0 Å². The van der Waals surface area contributed by atoms with Gasteiger partial charge in [0.1, 0.15) is 5.82 Å². The van der Waals surface area contributed by atoms with Crippen LogP contribution >= 0.6 is 0 Å². The number of fused-ring (bicyclic) bond motifs is 1. The van der Waals surface area contributed by atoms with Gasteiger partial charge in [-0.1, -0.05) is 0 Å². The molecule has 0 saturated heterocycles. The number of aromatic nitrogens is 2. The van der Waals surface area contributed by atoms with Crippen LogP contribution in [0.25, 0.3) is 10.8 Å². The monoisotopic (exact) mass is 391 g/mol. The van der Waals surface area contributed by atoms with Crippen molar-refractivity contribution in [2.45, 2.75) is 12.6 Å². The summed E-state index contributed by atoms with van der Waals surface area (Å²) in [5.74, 6) is 0.361. The summed E-state index contributed by atoms with van der Waals surface area (Å²) in [6, 6.07) is 7.04. The molecule has 0 bridgehead atoms. The maximum atomic E-state index is 12.5. The number of halogens is 3. The Morgan fingerprint density at radius 3 is 2.46 bits per heavy atom. The Morgan fingerprint density at radius 2 is 1.79 bits per heavy atom. The molecule has 2 N–H and O–H groups in total. The van der Waals surface area contributed by atoms with Crippen molar-refractivity contribution < 1.29 is 18.1 Å². The lowest BCUT2D eigenvalue weighted by atomic mass is 10.1. The van der Waals surface area contributed by atoms with Gasteiger partial charge >= 0.3 is 6.18 Å². The number of benzene rings is 1. The second kappa shape index (κ2) is 8.07. The van der Waals surface area contributed by atoms with Crippen molar-refractivity contribution in [1.29, 1.82) is 0 Å². The number of hydrogen-bond acceptors (Lipinski definition) is 6. The summed E-state index contributed by atoms with van der Waals surface area (Å²) in [5.41, 5.74) is -0.0568. The predicted molar refractivity (Wildman–Crippen MR) is 99.2 cm³/mol. The van der Waals surface area contributed by atoms with Crippen LogP contribution in [0, 0.1) is 10.1 Å². The number of nitrogens with zero attached hydrogens (tertiary/aromatic N) is 3. The van der Waals surface area contributed by atoms with Gasteiger partial charge in [-0.3, -0.25) is 15.1 Å². The average Bonchev–Trinajstić information content (AvgIpc) is 2.67. The number of rotatable bonds is 7. The molecule has 10 heteroatoms. The average molecular weight is 391 g/mol. The lowest BCUT2D eigenvalue weighted by Gasteiger charge is -2.11. The smallest absolute Gasteiger partial charge is 0.384 e. The zero-order valence-corrected chi connectivity index (χ0v) is 14.5. The Balaban J connectivity index is 1.55. The van der Waals surface area contributed by atoms with Crippen molar-refractivity contribution in [3.05, 3.63) is 64.6 Å². The molecule has 0 amide bonds. The Bertz CT molecular complexity index is 977. The highest BCUT2D eigenvalue weighted by atomic mass is 19.4. The highest BCUT2D eigenvalue weighted by molar-refractivity contribution is 5.99. The van der Waals surface area contributed by atoms with E-state index in [2.05, 4.69) is 20.6 Å². The SMILES string of the molecule is O=[N+]([O-])c1ccc(NCCCNc2ccc(C(F)(F)F)cn2)c2ccncc12. The van der Waals surface area contributed by atoms with E-state index in [9.17, 15) is 23.3 Å². The first-order valence-electron chi connectivity index (χ1n) is 8.38. The molecule has 3 rings (SSSR count). The van der Waals surface area contributed by atoms with E-state index in [4.69, 9.17) is 0 Å². The summed E-state index contributed by atoms with van der Waals surface area (Å²) >= 11 is 0. The summed E-state index contributed by atoms with van der Waals surface area (Å²) in [6.45, 7) is 1.06. The van der Waals surface area contributed by atoms with Crippen molar-refractivity contribution >= 4 is 28.0 Å². The van der Waals surface area contributed by atoms with Crippen molar-refractivity contribution in [2.24, 2.45) is 0 Å². The van der Waals surface area contributed by atoms with E-state index >= 15 is 0 Å². The number of hydrogen-bond donors (Lipinski definition) is 2. The Hall–Kier alpha value is -3.43. The van der Waals surface area contributed by atoms with Gasteiger partial charge in [-0.2, -0.15) is 13.2 Å². The highest BCUT2D eigenvalue weighted by Crippen LogP contribution is 2.31. The van der Waals surface area contributed by atoms with Gasteiger partial charge in [0.05, 0.1) is 15.9 Å². The number of nitro groups is 1. The minimum Gasteiger partial charge on any atom is -0.384 e. The molecule has 0 saturated carbocycles. The van der Waals surface area contributed by atoms with Gasteiger partial charge in [0, 0.05) is 48.8 Å². The second-order valence-electron chi connectivity index (χ2n) is 5.95. The number of non-ortho nitro benzene ring substituents is 1. The molecule has 0 atom stereocenters. The summed E-state index contributed by atoms with van der Waals surface area (Å²) in [5, 5.41) is 18.4. The van der Waals surface area contributed by atoms with Crippen LogP contribution < -0.4 is 10.6 Å². The van der Waals surface area contributed by atoms with Crippen LogP contribution in [0.4, 0.5) is 30.4 Å². The van der Waals surface area contributed by atoms with Crippen molar-refractivity contribution in [2.75, 3.05) is 23.7 Å². The van der Waals surface area contributed by atoms with Crippen LogP contribution in [0.15, 0.2) is 48.9 Å². The fraction of sp³-hybridized carbons (Fsp3) is 0.222. The summed E-state index contributed by atoms with van der Waals surface area (Å²) in [4.78, 5) is 18.4. The molecule has 0 aliphatic heterocycles. The van der Waals surface area contributed by atoms with Crippen molar-refractivity contribution in [3.8, 4) is 0 Å². The molecular weight excluding hydrogens is 375 g/mol. The molecule has 0 aliphatic rings. The molecule has 0 unspecified atom stereocenters. The fourth-order valence-corrected chi connectivity index (χ4v) is 2.68. The van der Waals surface area contributed by atoms with Gasteiger partial charge in [-0.25, -0.2) is 4.98 Å². The zero-order chi connectivity index (χ0) is 20.1. The number of nitro benzene ring substituents is 1. The second-order valence-corrected chi connectivity index (χ2v) is 5.95. The standard InChI is InChI=1S/C18H16F3N5O2/c19-18(20,21)12-2-5-17(25-10-12)24-8-1-7-23-15-3-4-16(26(27)28)14-11-22-9-6-13(14)15/h2-6,9-11,23H,1,7-8H2,(H,24,25). The molecule has 0 radical (unpaired) electrons. The van der Waals surface area contributed by atoms with E-state index in [1.54, 1.807) is 18.3 Å². The normalized spacial score (nSPS) is 11.4. The lowest BCUT2D eigenvalue weighted by molar-refractivity contribution is -0.383. The minimum absolute atomic E-state index is 0.0105. The predicted octanol–water partition coefficient (Wildman–Crippen LogP) is 4.47. The third kappa shape index (κ3) is 4.45. The molecule has 0 aliphatic carbocycles. The molecule has 3 aromatic rings. The van der Waals surface area contributed by atoms with Crippen molar-refractivity contribution in [1.82, 2.24) is 9.97 Å². The Kier molecular flexibility index (Phi) is 5.57. The van der Waals surface area contributed by atoms with E-state index in [1.165, 1.54) is 18.3 Å². The van der Waals surface area contributed by atoms with Gasteiger partial charge < -0.3 is 10.6 Å². The molecule has 2 heterocycles. The summed E-state index contributed by atoms with van der Waals surface area (Å²) in [6.07, 6.45) is 0.0634.